The molecule has 1 atom stereocenters. The summed E-state index contributed by atoms with van der Waals surface area (Å²) in [5, 5.41) is 7.21. The van der Waals surface area contributed by atoms with Crippen LogP contribution < -0.4 is 10.6 Å². The minimum atomic E-state index is -0.138. The van der Waals surface area contributed by atoms with Gasteiger partial charge in [0.25, 0.3) is 5.91 Å². The highest BCUT2D eigenvalue weighted by atomic mass is 79.9. The van der Waals surface area contributed by atoms with E-state index in [0.717, 1.165) is 41.4 Å². The number of benzene rings is 1. The van der Waals surface area contributed by atoms with Crippen LogP contribution in [0.25, 0.3) is 11.0 Å². The first-order valence-electron chi connectivity index (χ1n) is 6.43. The van der Waals surface area contributed by atoms with Gasteiger partial charge < -0.3 is 15.1 Å². The molecule has 2 N–H and O–H groups in total. The summed E-state index contributed by atoms with van der Waals surface area (Å²) >= 11 is 3.41. The Morgan fingerprint density at radius 3 is 3.00 bits per heavy atom. The largest absolute Gasteiger partial charge is 0.451 e. The van der Waals surface area contributed by atoms with E-state index >= 15 is 0 Å². The van der Waals surface area contributed by atoms with Crippen molar-refractivity contribution >= 4 is 45.2 Å². The fourth-order valence-corrected chi connectivity index (χ4v) is 2.74. The molecule has 0 saturated carbocycles. The van der Waals surface area contributed by atoms with Crippen molar-refractivity contribution in [1.82, 2.24) is 10.6 Å². The number of nitrogens with one attached hydrogen (secondary N) is 2. The smallest absolute Gasteiger partial charge is 0.287 e. The minimum absolute atomic E-state index is 0. The van der Waals surface area contributed by atoms with Gasteiger partial charge in [-0.25, -0.2) is 0 Å². The Morgan fingerprint density at radius 2 is 2.25 bits per heavy atom. The highest BCUT2D eigenvalue weighted by Crippen LogP contribution is 2.23. The van der Waals surface area contributed by atoms with Crippen molar-refractivity contribution in [2.45, 2.75) is 18.9 Å². The standard InChI is InChI=1S/C14H15BrN2O2.ClH/c15-10-3-4-12-9(6-10)7-13(19-12)14(18)17-11-2-1-5-16-8-11;/h3-4,6-7,11,16H,1-2,5,8H2,(H,17,18);1H/t11-;/m0./s1. The second kappa shape index (κ2) is 6.61. The van der Waals surface area contributed by atoms with Gasteiger partial charge in [0.05, 0.1) is 0 Å². The van der Waals surface area contributed by atoms with E-state index in [1.54, 1.807) is 6.07 Å². The number of hydrogen-bond donors (Lipinski definition) is 2. The molecule has 1 amide bonds. The lowest BCUT2D eigenvalue weighted by Gasteiger charge is -2.23. The molecule has 0 aliphatic carbocycles. The van der Waals surface area contributed by atoms with Crippen LogP contribution in [-0.4, -0.2) is 25.0 Å². The molecule has 1 fully saturated rings. The molecule has 108 valence electrons. The molecular formula is C14H16BrClN2O2. The summed E-state index contributed by atoms with van der Waals surface area (Å²) in [7, 11) is 0. The molecule has 1 saturated heterocycles. The summed E-state index contributed by atoms with van der Waals surface area (Å²) in [5.74, 6) is 0.236. The van der Waals surface area contributed by atoms with E-state index in [-0.39, 0.29) is 24.4 Å². The molecule has 4 nitrogen and oxygen atoms in total. The fraction of sp³-hybridized carbons (Fsp3) is 0.357. The van der Waals surface area contributed by atoms with Crippen LogP contribution >= 0.6 is 28.3 Å². The second-order valence-corrected chi connectivity index (χ2v) is 5.73. The van der Waals surface area contributed by atoms with Crippen LogP contribution in [0.2, 0.25) is 0 Å². The first kappa shape index (κ1) is 15.4. The molecule has 0 radical (unpaired) electrons. The van der Waals surface area contributed by atoms with E-state index in [2.05, 4.69) is 26.6 Å². The van der Waals surface area contributed by atoms with Gasteiger partial charge in [0.15, 0.2) is 5.76 Å². The van der Waals surface area contributed by atoms with Crippen LogP contribution in [-0.2, 0) is 0 Å². The van der Waals surface area contributed by atoms with Gasteiger partial charge in [-0.15, -0.1) is 12.4 Å². The molecule has 1 aliphatic rings. The first-order valence-corrected chi connectivity index (χ1v) is 7.22. The van der Waals surface area contributed by atoms with Gasteiger partial charge in [-0.2, -0.15) is 0 Å². The van der Waals surface area contributed by atoms with Gasteiger partial charge in [0.2, 0.25) is 0 Å². The summed E-state index contributed by atoms with van der Waals surface area (Å²) in [6, 6.07) is 7.68. The molecule has 1 aromatic carbocycles. The Balaban J connectivity index is 0.00000147. The van der Waals surface area contributed by atoms with Gasteiger partial charge in [0.1, 0.15) is 5.58 Å². The SMILES string of the molecule is Cl.O=C(N[C@H]1CCCNC1)c1cc2cc(Br)ccc2o1. The summed E-state index contributed by atoms with van der Waals surface area (Å²) in [6.45, 7) is 1.86. The number of fused-ring (bicyclic) bond motifs is 1. The van der Waals surface area contributed by atoms with E-state index in [9.17, 15) is 4.79 Å². The Labute approximate surface area is 131 Å². The van der Waals surface area contributed by atoms with Gasteiger partial charge in [-0.3, -0.25) is 4.79 Å². The lowest BCUT2D eigenvalue weighted by molar-refractivity contribution is 0.0905. The normalized spacial score (nSPS) is 18.6. The van der Waals surface area contributed by atoms with E-state index in [1.807, 2.05) is 18.2 Å². The molecule has 0 bridgehead atoms. The molecule has 20 heavy (non-hydrogen) atoms. The second-order valence-electron chi connectivity index (χ2n) is 4.81. The van der Waals surface area contributed by atoms with Crippen LogP contribution in [0, 0.1) is 0 Å². The molecular weight excluding hydrogens is 344 g/mol. The summed E-state index contributed by atoms with van der Waals surface area (Å²) < 4.78 is 6.55. The van der Waals surface area contributed by atoms with Gasteiger partial charge in [0, 0.05) is 22.4 Å². The minimum Gasteiger partial charge on any atom is -0.451 e. The van der Waals surface area contributed by atoms with Crippen molar-refractivity contribution in [3.63, 3.8) is 0 Å². The maximum absolute atomic E-state index is 12.1. The fourth-order valence-electron chi connectivity index (χ4n) is 2.36. The van der Waals surface area contributed by atoms with Crippen molar-refractivity contribution in [1.29, 1.82) is 0 Å². The molecule has 0 spiro atoms. The Hall–Kier alpha value is -1.04. The highest BCUT2D eigenvalue weighted by Gasteiger charge is 2.18. The van der Waals surface area contributed by atoms with Crippen LogP contribution in [0.15, 0.2) is 33.2 Å². The maximum Gasteiger partial charge on any atom is 0.287 e. The van der Waals surface area contributed by atoms with E-state index < -0.39 is 0 Å². The zero-order valence-electron chi connectivity index (χ0n) is 10.8. The topological polar surface area (TPSA) is 54.3 Å². The summed E-state index contributed by atoms with van der Waals surface area (Å²) in [6.07, 6.45) is 2.11. The molecule has 1 aliphatic heterocycles. The van der Waals surface area contributed by atoms with Crippen molar-refractivity contribution in [3.8, 4) is 0 Å². The number of amides is 1. The van der Waals surface area contributed by atoms with E-state index in [4.69, 9.17) is 4.42 Å². The average molecular weight is 360 g/mol. The summed E-state index contributed by atoms with van der Waals surface area (Å²) in [5.41, 5.74) is 0.732. The highest BCUT2D eigenvalue weighted by molar-refractivity contribution is 9.10. The van der Waals surface area contributed by atoms with Crippen molar-refractivity contribution in [2.75, 3.05) is 13.1 Å². The van der Waals surface area contributed by atoms with Gasteiger partial charge in [-0.05, 0) is 43.7 Å². The van der Waals surface area contributed by atoms with Gasteiger partial charge >= 0.3 is 0 Å². The third-order valence-electron chi connectivity index (χ3n) is 3.33. The quantitative estimate of drug-likeness (QED) is 0.866. The molecule has 0 unspecified atom stereocenters. The number of carbonyl (C=O) groups excluding carboxylic acids is 1. The van der Waals surface area contributed by atoms with Gasteiger partial charge in [-0.1, -0.05) is 15.9 Å². The average Bonchev–Trinajstić information content (AvgIpc) is 2.83. The Kier molecular flexibility index (Phi) is 5.07. The predicted molar refractivity (Wildman–Crippen MR) is 84.5 cm³/mol. The van der Waals surface area contributed by atoms with Crippen LogP contribution in [0.1, 0.15) is 23.4 Å². The van der Waals surface area contributed by atoms with Crippen molar-refractivity contribution in [3.05, 3.63) is 34.5 Å². The van der Waals surface area contributed by atoms with E-state index in [0.29, 0.717) is 5.76 Å². The number of rotatable bonds is 2. The zero-order chi connectivity index (χ0) is 13.2. The lowest BCUT2D eigenvalue weighted by atomic mass is 10.1. The molecule has 1 aromatic heterocycles. The van der Waals surface area contributed by atoms with Crippen molar-refractivity contribution in [2.24, 2.45) is 0 Å². The predicted octanol–water partition coefficient (Wildman–Crippen LogP) is 3.10. The number of piperidine rings is 1. The number of carbonyl (C=O) groups is 1. The first-order chi connectivity index (χ1) is 9.22. The third-order valence-corrected chi connectivity index (χ3v) is 3.83. The number of furan rings is 1. The van der Waals surface area contributed by atoms with Crippen LogP contribution in [0.3, 0.4) is 0 Å². The van der Waals surface area contributed by atoms with Crippen LogP contribution in [0.5, 0.6) is 0 Å². The molecule has 3 rings (SSSR count). The number of hydrogen-bond acceptors (Lipinski definition) is 3. The number of halogens is 2. The summed E-state index contributed by atoms with van der Waals surface area (Å²) in [4.78, 5) is 12.1. The zero-order valence-corrected chi connectivity index (χ0v) is 13.2. The molecule has 2 aromatic rings. The maximum atomic E-state index is 12.1. The van der Waals surface area contributed by atoms with Crippen LogP contribution in [0.4, 0.5) is 0 Å². The Morgan fingerprint density at radius 1 is 1.40 bits per heavy atom. The Bertz CT molecular complexity index is 608. The molecule has 2 heterocycles. The van der Waals surface area contributed by atoms with E-state index in [1.165, 1.54) is 0 Å². The lowest BCUT2D eigenvalue weighted by Crippen LogP contribution is -2.45. The third kappa shape index (κ3) is 3.34. The van der Waals surface area contributed by atoms with Crippen molar-refractivity contribution < 1.29 is 9.21 Å². The monoisotopic (exact) mass is 358 g/mol. The molecule has 6 heteroatoms.